The van der Waals surface area contributed by atoms with Crippen molar-refractivity contribution in [3.8, 4) is 0 Å². The molecule has 1 aliphatic heterocycles. The molecule has 6 heteroatoms. The van der Waals surface area contributed by atoms with Gasteiger partial charge in [0.25, 0.3) is 0 Å². The Labute approximate surface area is 111 Å². The minimum Gasteiger partial charge on any atom is -0.274 e. The van der Waals surface area contributed by atoms with E-state index in [2.05, 4.69) is 16.3 Å². The standard InChI is InChI=1S/C12H16ClN3O2/c1-2-18-16-12(17)10-7-14-15-11(10)8-3-5-9(13)6-4-8/h3-6,10-11,14-15H,2,7H2,1H3,(H,16,17). The Morgan fingerprint density at radius 1 is 1.50 bits per heavy atom. The van der Waals surface area contributed by atoms with Crippen LogP contribution in [0.15, 0.2) is 24.3 Å². The third kappa shape index (κ3) is 3.00. The van der Waals surface area contributed by atoms with Crippen LogP contribution in [0.4, 0.5) is 0 Å². The SMILES string of the molecule is CCONC(=O)C1CNNC1c1ccc(Cl)cc1. The second kappa shape index (κ2) is 6.15. The molecule has 5 nitrogen and oxygen atoms in total. The zero-order valence-corrected chi connectivity index (χ0v) is 10.8. The van der Waals surface area contributed by atoms with Crippen molar-refractivity contribution in [1.82, 2.24) is 16.3 Å². The predicted molar refractivity (Wildman–Crippen MR) is 68.6 cm³/mol. The van der Waals surface area contributed by atoms with E-state index in [1.807, 2.05) is 31.2 Å². The summed E-state index contributed by atoms with van der Waals surface area (Å²) in [6, 6.07) is 7.37. The molecule has 18 heavy (non-hydrogen) atoms. The van der Waals surface area contributed by atoms with E-state index in [0.29, 0.717) is 18.2 Å². The minimum absolute atomic E-state index is 0.0808. The lowest BCUT2D eigenvalue weighted by Crippen LogP contribution is -2.35. The molecule has 1 fully saturated rings. The maximum Gasteiger partial charge on any atom is 0.249 e. The van der Waals surface area contributed by atoms with Crippen molar-refractivity contribution in [2.45, 2.75) is 13.0 Å². The lowest BCUT2D eigenvalue weighted by molar-refractivity contribution is -0.137. The highest BCUT2D eigenvalue weighted by molar-refractivity contribution is 6.30. The molecule has 1 aromatic carbocycles. The summed E-state index contributed by atoms with van der Waals surface area (Å²) >= 11 is 5.85. The first-order chi connectivity index (χ1) is 8.72. The first-order valence-corrected chi connectivity index (χ1v) is 6.25. The van der Waals surface area contributed by atoms with Crippen molar-refractivity contribution in [3.05, 3.63) is 34.9 Å². The Kier molecular flexibility index (Phi) is 4.54. The number of hydroxylamine groups is 1. The van der Waals surface area contributed by atoms with Crippen LogP contribution in [-0.2, 0) is 9.63 Å². The molecule has 3 N–H and O–H groups in total. The fraction of sp³-hybridized carbons (Fsp3) is 0.417. The maximum absolute atomic E-state index is 11.9. The average molecular weight is 270 g/mol. The smallest absolute Gasteiger partial charge is 0.249 e. The summed E-state index contributed by atoms with van der Waals surface area (Å²) in [5.74, 6) is -0.341. The molecule has 0 saturated carbocycles. The molecule has 0 aliphatic carbocycles. The molecule has 1 amide bonds. The Morgan fingerprint density at radius 3 is 2.89 bits per heavy atom. The van der Waals surface area contributed by atoms with E-state index in [0.717, 1.165) is 5.56 Å². The third-order valence-electron chi connectivity index (χ3n) is 2.86. The Bertz CT molecular complexity index is 410. The van der Waals surface area contributed by atoms with Crippen molar-refractivity contribution < 1.29 is 9.63 Å². The fourth-order valence-corrected chi connectivity index (χ4v) is 2.07. The summed E-state index contributed by atoms with van der Waals surface area (Å²) in [7, 11) is 0. The Hall–Kier alpha value is -1.14. The van der Waals surface area contributed by atoms with Gasteiger partial charge in [-0.2, -0.15) is 0 Å². The third-order valence-corrected chi connectivity index (χ3v) is 3.12. The molecule has 2 unspecified atom stereocenters. The maximum atomic E-state index is 11.9. The van der Waals surface area contributed by atoms with Crippen LogP contribution >= 0.6 is 11.6 Å². The van der Waals surface area contributed by atoms with E-state index in [9.17, 15) is 4.79 Å². The van der Waals surface area contributed by atoms with Gasteiger partial charge in [0.2, 0.25) is 5.91 Å². The van der Waals surface area contributed by atoms with E-state index in [-0.39, 0.29) is 17.9 Å². The van der Waals surface area contributed by atoms with E-state index >= 15 is 0 Å². The highest BCUT2D eigenvalue weighted by atomic mass is 35.5. The van der Waals surface area contributed by atoms with E-state index < -0.39 is 0 Å². The van der Waals surface area contributed by atoms with Gasteiger partial charge in [0.15, 0.2) is 0 Å². The quantitative estimate of drug-likeness (QED) is 0.718. The van der Waals surface area contributed by atoms with Crippen LogP contribution in [0, 0.1) is 5.92 Å². The van der Waals surface area contributed by atoms with Crippen LogP contribution in [0.5, 0.6) is 0 Å². The molecule has 1 saturated heterocycles. The highest BCUT2D eigenvalue weighted by Gasteiger charge is 2.33. The number of amides is 1. The molecule has 0 spiro atoms. The van der Waals surface area contributed by atoms with E-state index in [1.165, 1.54) is 0 Å². The molecule has 98 valence electrons. The predicted octanol–water partition coefficient (Wildman–Crippen LogP) is 1.17. The largest absolute Gasteiger partial charge is 0.274 e. The summed E-state index contributed by atoms with van der Waals surface area (Å²) in [6.45, 7) is 2.83. The van der Waals surface area contributed by atoms with Crippen LogP contribution in [0.25, 0.3) is 0 Å². The Balaban J connectivity index is 2.07. The first-order valence-electron chi connectivity index (χ1n) is 5.88. The van der Waals surface area contributed by atoms with Gasteiger partial charge >= 0.3 is 0 Å². The molecule has 1 aliphatic rings. The summed E-state index contributed by atoms with van der Waals surface area (Å²) in [5, 5.41) is 0.681. The number of benzene rings is 1. The van der Waals surface area contributed by atoms with E-state index in [4.69, 9.17) is 16.4 Å². The number of carbonyl (C=O) groups is 1. The minimum atomic E-state index is -0.210. The first kappa shape index (κ1) is 13.3. The van der Waals surface area contributed by atoms with E-state index in [1.54, 1.807) is 0 Å². The molecule has 1 aromatic rings. The van der Waals surface area contributed by atoms with Gasteiger partial charge in [-0.1, -0.05) is 23.7 Å². The van der Waals surface area contributed by atoms with Crippen molar-refractivity contribution in [3.63, 3.8) is 0 Å². The number of nitrogens with one attached hydrogen (secondary N) is 3. The van der Waals surface area contributed by atoms with Crippen LogP contribution in [0.3, 0.4) is 0 Å². The van der Waals surface area contributed by atoms with Gasteiger partial charge < -0.3 is 0 Å². The second-order valence-corrected chi connectivity index (χ2v) is 4.50. The number of hydrogen-bond donors (Lipinski definition) is 3. The lowest BCUT2D eigenvalue weighted by Gasteiger charge is -2.18. The van der Waals surface area contributed by atoms with Gasteiger partial charge in [-0.05, 0) is 24.6 Å². The van der Waals surface area contributed by atoms with Crippen molar-refractivity contribution in [1.29, 1.82) is 0 Å². The molecular weight excluding hydrogens is 254 g/mol. The van der Waals surface area contributed by atoms with Crippen molar-refractivity contribution in [2.75, 3.05) is 13.2 Å². The number of hydrazine groups is 1. The van der Waals surface area contributed by atoms with Gasteiger partial charge in [-0.3, -0.25) is 15.1 Å². The number of carbonyl (C=O) groups excluding carboxylic acids is 1. The van der Waals surface area contributed by atoms with Gasteiger partial charge in [-0.25, -0.2) is 10.9 Å². The van der Waals surface area contributed by atoms with Crippen LogP contribution < -0.4 is 16.3 Å². The molecule has 0 aromatic heterocycles. The zero-order chi connectivity index (χ0) is 13.0. The zero-order valence-electron chi connectivity index (χ0n) is 10.1. The van der Waals surface area contributed by atoms with Crippen molar-refractivity contribution >= 4 is 17.5 Å². The normalized spacial score (nSPS) is 23.0. The molecule has 0 radical (unpaired) electrons. The van der Waals surface area contributed by atoms with Crippen molar-refractivity contribution in [2.24, 2.45) is 5.92 Å². The summed E-state index contributed by atoms with van der Waals surface area (Å²) in [4.78, 5) is 16.8. The molecular formula is C12H16ClN3O2. The number of hydrogen-bond acceptors (Lipinski definition) is 4. The molecule has 0 bridgehead atoms. The van der Waals surface area contributed by atoms with Gasteiger partial charge in [0, 0.05) is 11.6 Å². The van der Waals surface area contributed by atoms with Gasteiger partial charge in [0.05, 0.1) is 18.6 Å². The summed E-state index contributed by atoms with van der Waals surface area (Å²) < 4.78 is 0. The monoisotopic (exact) mass is 269 g/mol. The van der Waals surface area contributed by atoms with Crippen LogP contribution in [0.1, 0.15) is 18.5 Å². The van der Waals surface area contributed by atoms with Crippen LogP contribution in [-0.4, -0.2) is 19.1 Å². The molecule has 2 atom stereocenters. The number of halogens is 1. The molecule has 2 rings (SSSR count). The summed E-state index contributed by atoms with van der Waals surface area (Å²) in [6.07, 6.45) is 0. The second-order valence-electron chi connectivity index (χ2n) is 4.06. The summed E-state index contributed by atoms with van der Waals surface area (Å²) in [5.41, 5.74) is 9.54. The highest BCUT2D eigenvalue weighted by Crippen LogP contribution is 2.26. The molecule has 1 heterocycles. The number of rotatable bonds is 4. The fourth-order valence-electron chi connectivity index (χ4n) is 1.95. The Morgan fingerprint density at radius 2 is 2.22 bits per heavy atom. The topological polar surface area (TPSA) is 62.4 Å². The van der Waals surface area contributed by atoms with Gasteiger partial charge in [-0.15, -0.1) is 0 Å². The average Bonchev–Trinajstić information content (AvgIpc) is 2.86. The van der Waals surface area contributed by atoms with Crippen LogP contribution in [0.2, 0.25) is 5.02 Å². The lowest BCUT2D eigenvalue weighted by atomic mass is 9.94. The van der Waals surface area contributed by atoms with Gasteiger partial charge in [0.1, 0.15) is 0 Å².